The molecule has 0 aliphatic rings. The molecule has 0 aliphatic heterocycles. The lowest BCUT2D eigenvalue weighted by atomic mass is 9.89. The lowest BCUT2D eigenvalue weighted by Crippen LogP contribution is -2.37. The van der Waals surface area contributed by atoms with Crippen LogP contribution >= 0.6 is 0 Å². The second-order valence-electron chi connectivity index (χ2n) is 19.1. The summed E-state index contributed by atoms with van der Waals surface area (Å²) in [5, 5.41) is 17.9. The van der Waals surface area contributed by atoms with E-state index in [1.54, 1.807) is 0 Å². The SMILES string of the molecule is Cc1cc(-c2ccc(-c3ccc(-c4ccc(-c5ccc(-c6ccc(-c7ccccc7C)c(C)c6)cc5C)c(C)c4)cc3C)c(C)c2)ccc1-c1ccc(OCCOCCOCCN(CC(=O)O)CC(=O)O)cc1. The Bertz CT molecular complexity index is 3250. The van der Waals surface area contributed by atoms with Gasteiger partial charge in [-0.25, -0.2) is 0 Å². The molecule has 0 aliphatic carbocycles. The number of benzene rings is 8. The Kier molecular flexibility index (Phi) is 16.8. The fourth-order valence-electron chi connectivity index (χ4n) is 9.83. The Morgan fingerprint density at radius 2 is 0.671 bits per heavy atom. The lowest BCUT2D eigenvalue weighted by Gasteiger charge is -2.17. The van der Waals surface area contributed by atoms with Crippen LogP contribution in [0.2, 0.25) is 0 Å². The summed E-state index contributed by atoms with van der Waals surface area (Å²) in [5.74, 6) is -1.42. The van der Waals surface area contributed by atoms with Crippen LogP contribution < -0.4 is 4.74 Å². The fourth-order valence-corrected chi connectivity index (χ4v) is 9.83. The van der Waals surface area contributed by atoms with Crippen LogP contribution in [0.4, 0.5) is 0 Å². The van der Waals surface area contributed by atoms with Gasteiger partial charge in [-0.15, -0.1) is 0 Å². The van der Waals surface area contributed by atoms with Gasteiger partial charge in [-0.1, -0.05) is 146 Å². The van der Waals surface area contributed by atoms with Crippen LogP contribution in [0.15, 0.2) is 158 Å². The third-order valence-electron chi connectivity index (χ3n) is 13.7. The highest BCUT2D eigenvalue weighted by Gasteiger charge is 2.16. The highest BCUT2D eigenvalue weighted by molar-refractivity contribution is 5.83. The first kappa shape index (κ1) is 51.7. The summed E-state index contributed by atoms with van der Waals surface area (Å²) < 4.78 is 17.0. The third-order valence-corrected chi connectivity index (χ3v) is 13.7. The molecule has 0 heterocycles. The van der Waals surface area contributed by atoms with Gasteiger partial charge in [0.15, 0.2) is 0 Å². The van der Waals surface area contributed by atoms with E-state index in [0.717, 1.165) is 16.9 Å². The van der Waals surface area contributed by atoms with E-state index in [4.69, 9.17) is 24.4 Å². The van der Waals surface area contributed by atoms with Crippen molar-refractivity contribution in [3.63, 3.8) is 0 Å². The summed E-state index contributed by atoms with van der Waals surface area (Å²) in [6.07, 6.45) is 0. The third kappa shape index (κ3) is 12.9. The summed E-state index contributed by atoms with van der Waals surface area (Å²) >= 11 is 0. The van der Waals surface area contributed by atoms with E-state index in [1.807, 2.05) is 12.1 Å². The molecule has 0 saturated carbocycles. The predicted octanol–water partition coefficient (Wildman–Crippen LogP) is 14.4. The van der Waals surface area contributed by atoms with Crippen LogP contribution in [0, 0.1) is 48.5 Å². The summed E-state index contributed by atoms with van der Waals surface area (Å²) in [4.78, 5) is 23.2. The molecule has 8 heteroatoms. The van der Waals surface area contributed by atoms with Gasteiger partial charge in [-0.2, -0.15) is 0 Å². The first-order valence-corrected chi connectivity index (χ1v) is 25.0. The Labute approximate surface area is 430 Å². The number of aryl methyl sites for hydroxylation is 7. The molecule has 0 radical (unpaired) electrons. The lowest BCUT2D eigenvalue weighted by molar-refractivity contribution is -0.142. The molecular formula is C65H65NO7. The number of ether oxygens (including phenoxy) is 3. The van der Waals surface area contributed by atoms with Crippen molar-refractivity contribution in [1.82, 2.24) is 4.90 Å². The average molecular weight is 972 g/mol. The summed E-state index contributed by atoms with van der Waals surface area (Å²) in [5.41, 5.74) is 25.9. The van der Waals surface area contributed by atoms with Crippen molar-refractivity contribution in [2.45, 2.75) is 48.5 Å². The van der Waals surface area contributed by atoms with Gasteiger partial charge in [-0.05, 0) is 177 Å². The van der Waals surface area contributed by atoms with Crippen LogP contribution in [-0.2, 0) is 19.1 Å². The molecule has 0 amide bonds. The van der Waals surface area contributed by atoms with Gasteiger partial charge in [0.1, 0.15) is 12.4 Å². The van der Waals surface area contributed by atoms with E-state index in [2.05, 4.69) is 194 Å². The van der Waals surface area contributed by atoms with Gasteiger partial charge in [-0.3, -0.25) is 14.5 Å². The molecular weight excluding hydrogens is 907 g/mol. The molecule has 8 aromatic carbocycles. The molecule has 8 rings (SSSR count). The van der Waals surface area contributed by atoms with Gasteiger partial charge in [0.05, 0.1) is 39.5 Å². The predicted molar refractivity (Wildman–Crippen MR) is 296 cm³/mol. The molecule has 0 spiro atoms. The molecule has 0 atom stereocenters. The van der Waals surface area contributed by atoms with Crippen molar-refractivity contribution < 1.29 is 34.0 Å². The quantitative estimate of drug-likeness (QED) is 0.0686. The number of carbonyl (C=O) groups is 2. The number of rotatable bonds is 21. The maximum atomic E-state index is 10.9. The first-order chi connectivity index (χ1) is 35.2. The average Bonchev–Trinajstić information content (AvgIpc) is 3.36. The summed E-state index contributed by atoms with van der Waals surface area (Å²) in [7, 11) is 0. The molecule has 2 N–H and O–H groups in total. The number of nitrogens with zero attached hydrogens (tertiary/aromatic N) is 1. The molecule has 0 fully saturated rings. The largest absolute Gasteiger partial charge is 0.491 e. The molecule has 73 heavy (non-hydrogen) atoms. The summed E-state index contributed by atoms with van der Waals surface area (Å²) in [6, 6.07) is 57.5. The topological polar surface area (TPSA) is 106 Å². The second-order valence-corrected chi connectivity index (χ2v) is 19.1. The number of carboxylic acid groups (broad SMARTS) is 2. The zero-order valence-electron chi connectivity index (χ0n) is 43.1. The highest BCUT2D eigenvalue weighted by Crippen LogP contribution is 2.38. The second kappa shape index (κ2) is 23.7. The number of hydrogen-bond donors (Lipinski definition) is 2. The molecule has 372 valence electrons. The van der Waals surface area contributed by atoms with Crippen molar-refractivity contribution >= 4 is 11.9 Å². The molecule has 0 saturated heterocycles. The fraction of sp³-hybridized carbons (Fsp3) is 0.231. The van der Waals surface area contributed by atoms with Crippen molar-refractivity contribution in [3.05, 3.63) is 197 Å². The zero-order valence-corrected chi connectivity index (χ0v) is 43.1. The maximum Gasteiger partial charge on any atom is 0.317 e. The zero-order chi connectivity index (χ0) is 51.6. The Hall–Kier alpha value is -7.62. The minimum Gasteiger partial charge on any atom is -0.491 e. The van der Waals surface area contributed by atoms with Crippen molar-refractivity contribution in [1.29, 1.82) is 0 Å². The van der Waals surface area contributed by atoms with E-state index in [0.29, 0.717) is 26.4 Å². The van der Waals surface area contributed by atoms with Gasteiger partial charge < -0.3 is 24.4 Å². The molecule has 8 aromatic rings. The smallest absolute Gasteiger partial charge is 0.317 e. The number of hydrogen-bond acceptors (Lipinski definition) is 6. The van der Waals surface area contributed by atoms with Crippen LogP contribution in [0.3, 0.4) is 0 Å². The van der Waals surface area contributed by atoms with E-state index >= 15 is 0 Å². The van der Waals surface area contributed by atoms with Gasteiger partial charge in [0, 0.05) is 6.54 Å². The molecule has 8 nitrogen and oxygen atoms in total. The standard InChI is InChI=1S/C65H65NO7/c1-42-10-8-9-11-58(42)59-23-15-52(35-44(59)3)53-17-25-62(46(5)37-53)63-27-19-55(39-48(63)7)54-18-26-61(47(6)38-54)60-24-16-51(36-45(60)4)50-14-22-57(43(2)34-50)49-12-20-56(21-13-49)73-33-32-72-31-30-71-29-28-66(40-64(67)68)41-65(69)70/h8-27,34-39H,28-33,40-41H2,1-7H3,(H,67,68)(H,69,70). The Balaban J connectivity index is 0.847. The van der Waals surface area contributed by atoms with Gasteiger partial charge >= 0.3 is 11.9 Å². The highest BCUT2D eigenvalue weighted by atomic mass is 16.5. The molecule has 0 aromatic heterocycles. The normalized spacial score (nSPS) is 11.3. The van der Waals surface area contributed by atoms with Crippen LogP contribution in [-0.4, -0.2) is 79.7 Å². The Morgan fingerprint density at radius 3 is 1.03 bits per heavy atom. The molecule has 0 bridgehead atoms. The minimum absolute atomic E-state index is 0.203. The van der Waals surface area contributed by atoms with Crippen LogP contribution in [0.1, 0.15) is 38.9 Å². The number of aliphatic carboxylic acids is 2. The van der Waals surface area contributed by atoms with E-state index < -0.39 is 11.9 Å². The minimum atomic E-state index is -1.08. The van der Waals surface area contributed by atoms with Gasteiger partial charge in [0.25, 0.3) is 0 Å². The summed E-state index contributed by atoms with van der Waals surface area (Å²) in [6.45, 7) is 16.5. The monoisotopic (exact) mass is 971 g/mol. The van der Waals surface area contributed by atoms with Crippen molar-refractivity contribution in [3.8, 4) is 83.6 Å². The van der Waals surface area contributed by atoms with Gasteiger partial charge in [0.2, 0.25) is 0 Å². The molecule has 0 unspecified atom stereocenters. The van der Waals surface area contributed by atoms with Crippen LogP contribution in [0.5, 0.6) is 5.75 Å². The Morgan fingerprint density at radius 1 is 0.356 bits per heavy atom. The van der Waals surface area contributed by atoms with E-state index in [-0.39, 0.29) is 26.2 Å². The first-order valence-electron chi connectivity index (χ1n) is 25.0. The van der Waals surface area contributed by atoms with Crippen LogP contribution in [0.25, 0.3) is 77.9 Å². The number of carboxylic acids is 2. The maximum absolute atomic E-state index is 10.9. The van der Waals surface area contributed by atoms with E-state index in [1.165, 1.54) is 111 Å². The van der Waals surface area contributed by atoms with Crippen molar-refractivity contribution in [2.75, 3.05) is 52.7 Å². The van der Waals surface area contributed by atoms with Crippen molar-refractivity contribution in [2.24, 2.45) is 0 Å². The van der Waals surface area contributed by atoms with E-state index in [9.17, 15) is 9.59 Å².